The highest BCUT2D eigenvalue weighted by Crippen LogP contribution is 2.32. The number of rotatable bonds is 7. The molecule has 164 valence electrons. The topological polar surface area (TPSA) is 69.3 Å². The van der Waals surface area contributed by atoms with Crippen molar-refractivity contribution in [2.75, 3.05) is 5.32 Å². The summed E-state index contributed by atoms with van der Waals surface area (Å²) < 4.78 is 12.8. The minimum absolute atomic E-state index is 0.0700. The SMILES string of the molecule is O=C(Nc1nn(Cc2ccccc2Cl)cc1Cl)c1ccc(COc2cccc(Cl)c2Cl)o1. The number of furan rings is 1. The lowest BCUT2D eigenvalue weighted by atomic mass is 10.2. The summed E-state index contributed by atoms with van der Waals surface area (Å²) in [5, 5.41) is 8.55. The van der Waals surface area contributed by atoms with Crippen molar-refractivity contribution in [3.8, 4) is 5.75 Å². The number of carbonyl (C=O) groups excluding carboxylic acids is 1. The number of amides is 1. The molecule has 4 aromatic rings. The molecular weight excluding hydrogens is 496 g/mol. The molecule has 0 unspecified atom stereocenters. The Kier molecular flexibility index (Phi) is 6.96. The van der Waals surface area contributed by atoms with Gasteiger partial charge in [0.2, 0.25) is 0 Å². The standard InChI is InChI=1S/C22H15Cl4N3O3/c23-15-5-2-1-4-13(15)10-29-11-17(25)21(28-29)27-22(30)19-9-8-14(32-19)12-31-18-7-3-6-16(24)20(18)26/h1-9,11H,10,12H2,(H,27,28,30). The van der Waals surface area contributed by atoms with Crippen molar-refractivity contribution in [1.29, 1.82) is 0 Å². The Labute approximate surface area is 203 Å². The molecule has 0 spiro atoms. The van der Waals surface area contributed by atoms with Gasteiger partial charge >= 0.3 is 0 Å². The molecule has 2 heterocycles. The normalized spacial score (nSPS) is 10.9. The lowest BCUT2D eigenvalue weighted by Gasteiger charge is -2.07. The van der Waals surface area contributed by atoms with E-state index in [0.29, 0.717) is 33.1 Å². The van der Waals surface area contributed by atoms with E-state index in [9.17, 15) is 4.79 Å². The summed E-state index contributed by atoms with van der Waals surface area (Å²) in [7, 11) is 0. The third-order valence-electron chi connectivity index (χ3n) is 4.41. The van der Waals surface area contributed by atoms with Crippen molar-refractivity contribution in [2.24, 2.45) is 0 Å². The second kappa shape index (κ2) is 9.88. The Morgan fingerprint density at radius 1 is 0.969 bits per heavy atom. The zero-order valence-electron chi connectivity index (χ0n) is 16.3. The Balaban J connectivity index is 1.39. The van der Waals surface area contributed by atoms with Crippen molar-refractivity contribution >= 4 is 58.1 Å². The maximum absolute atomic E-state index is 12.6. The van der Waals surface area contributed by atoms with E-state index in [2.05, 4.69) is 10.4 Å². The number of anilines is 1. The molecule has 4 rings (SSSR count). The summed E-state index contributed by atoms with van der Waals surface area (Å²) in [4.78, 5) is 12.6. The van der Waals surface area contributed by atoms with Crippen LogP contribution in [0.3, 0.4) is 0 Å². The number of nitrogens with one attached hydrogen (secondary N) is 1. The van der Waals surface area contributed by atoms with Gasteiger partial charge in [-0.3, -0.25) is 9.48 Å². The minimum Gasteiger partial charge on any atom is -0.484 e. The molecule has 0 aliphatic rings. The Morgan fingerprint density at radius 3 is 2.56 bits per heavy atom. The Bertz CT molecular complexity index is 1270. The van der Waals surface area contributed by atoms with Gasteiger partial charge in [0.25, 0.3) is 5.91 Å². The summed E-state index contributed by atoms with van der Waals surface area (Å²) in [5.41, 5.74) is 0.877. The van der Waals surface area contributed by atoms with Gasteiger partial charge in [-0.25, -0.2) is 0 Å². The van der Waals surface area contributed by atoms with Crippen LogP contribution in [0.15, 0.2) is 65.2 Å². The molecule has 0 fully saturated rings. The third kappa shape index (κ3) is 5.22. The molecular formula is C22H15Cl4N3O3. The molecule has 2 aromatic carbocycles. The van der Waals surface area contributed by atoms with E-state index in [0.717, 1.165) is 5.56 Å². The van der Waals surface area contributed by atoms with E-state index in [4.69, 9.17) is 55.6 Å². The molecule has 0 atom stereocenters. The molecule has 6 nitrogen and oxygen atoms in total. The van der Waals surface area contributed by atoms with Gasteiger partial charge in [0.05, 0.1) is 11.6 Å². The fourth-order valence-electron chi connectivity index (χ4n) is 2.85. The molecule has 0 radical (unpaired) electrons. The van der Waals surface area contributed by atoms with Crippen LogP contribution in [-0.4, -0.2) is 15.7 Å². The fraction of sp³-hybridized carbons (Fsp3) is 0.0909. The number of aromatic nitrogens is 2. The van der Waals surface area contributed by atoms with Crippen molar-refractivity contribution in [1.82, 2.24) is 9.78 Å². The van der Waals surface area contributed by atoms with Crippen LogP contribution in [0.1, 0.15) is 21.9 Å². The maximum atomic E-state index is 12.6. The highest BCUT2D eigenvalue weighted by atomic mass is 35.5. The predicted octanol–water partition coefficient (Wildman–Crippen LogP) is 6.97. The van der Waals surface area contributed by atoms with E-state index in [-0.39, 0.29) is 23.2 Å². The molecule has 2 aromatic heterocycles. The van der Waals surface area contributed by atoms with Gasteiger partial charge in [0.1, 0.15) is 28.2 Å². The number of hydrogen-bond donors (Lipinski definition) is 1. The van der Waals surface area contributed by atoms with Crippen molar-refractivity contribution < 1.29 is 13.9 Å². The van der Waals surface area contributed by atoms with Gasteiger partial charge in [-0.2, -0.15) is 5.10 Å². The lowest BCUT2D eigenvalue weighted by Crippen LogP contribution is -2.12. The van der Waals surface area contributed by atoms with Crippen LogP contribution in [0.2, 0.25) is 20.1 Å². The van der Waals surface area contributed by atoms with Crippen LogP contribution in [0, 0.1) is 0 Å². The van der Waals surface area contributed by atoms with Crippen LogP contribution in [0.5, 0.6) is 5.75 Å². The number of benzene rings is 2. The summed E-state index contributed by atoms with van der Waals surface area (Å²) in [6.07, 6.45) is 1.61. The first-order valence-corrected chi connectivity index (χ1v) is 10.8. The van der Waals surface area contributed by atoms with Crippen LogP contribution >= 0.6 is 46.4 Å². The van der Waals surface area contributed by atoms with E-state index in [1.165, 1.54) is 6.07 Å². The molecule has 10 heteroatoms. The average molecular weight is 511 g/mol. The Hall–Kier alpha value is -2.64. The van der Waals surface area contributed by atoms with Crippen LogP contribution in [-0.2, 0) is 13.2 Å². The number of nitrogens with zero attached hydrogens (tertiary/aromatic N) is 2. The second-order valence-electron chi connectivity index (χ2n) is 6.68. The van der Waals surface area contributed by atoms with E-state index >= 15 is 0 Å². The monoisotopic (exact) mass is 509 g/mol. The average Bonchev–Trinajstić information content (AvgIpc) is 3.38. The Morgan fingerprint density at radius 2 is 1.75 bits per heavy atom. The van der Waals surface area contributed by atoms with Crippen molar-refractivity contribution in [3.05, 3.63) is 98.0 Å². The first kappa shape index (κ1) is 22.6. The molecule has 0 aliphatic carbocycles. The smallest absolute Gasteiger partial charge is 0.292 e. The van der Waals surface area contributed by atoms with Crippen molar-refractivity contribution in [2.45, 2.75) is 13.2 Å². The molecule has 0 saturated carbocycles. The zero-order chi connectivity index (χ0) is 22.7. The van der Waals surface area contributed by atoms with Crippen LogP contribution in [0.25, 0.3) is 0 Å². The molecule has 1 N–H and O–H groups in total. The molecule has 0 aliphatic heterocycles. The van der Waals surface area contributed by atoms with E-state index in [1.807, 2.05) is 18.2 Å². The summed E-state index contributed by atoms with van der Waals surface area (Å²) in [6, 6.07) is 15.6. The molecule has 0 bridgehead atoms. The zero-order valence-corrected chi connectivity index (χ0v) is 19.3. The van der Waals surface area contributed by atoms with Gasteiger partial charge in [-0.1, -0.05) is 70.7 Å². The lowest BCUT2D eigenvalue weighted by molar-refractivity contribution is 0.0992. The number of ether oxygens (including phenoxy) is 1. The number of halogens is 4. The summed E-state index contributed by atoms with van der Waals surface area (Å²) >= 11 is 24.5. The van der Waals surface area contributed by atoms with Crippen LogP contribution < -0.4 is 10.1 Å². The summed E-state index contributed by atoms with van der Waals surface area (Å²) in [5.74, 6) is 0.641. The maximum Gasteiger partial charge on any atom is 0.292 e. The quantitative estimate of drug-likeness (QED) is 0.291. The first-order chi connectivity index (χ1) is 15.4. The van der Waals surface area contributed by atoms with Gasteiger partial charge < -0.3 is 14.5 Å². The highest BCUT2D eigenvalue weighted by molar-refractivity contribution is 6.42. The fourth-order valence-corrected chi connectivity index (χ4v) is 3.59. The second-order valence-corrected chi connectivity index (χ2v) is 8.27. The third-order valence-corrected chi connectivity index (χ3v) is 5.86. The molecule has 32 heavy (non-hydrogen) atoms. The largest absolute Gasteiger partial charge is 0.484 e. The van der Waals surface area contributed by atoms with Crippen LogP contribution in [0.4, 0.5) is 5.82 Å². The first-order valence-electron chi connectivity index (χ1n) is 9.34. The van der Waals surface area contributed by atoms with Gasteiger partial charge in [-0.15, -0.1) is 0 Å². The van der Waals surface area contributed by atoms with Gasteiger partial charge in [-0.05, 0) is 35.9 Å². The summed E-state index contributed by atoms with van der Waals surface area (Å²) in [6.45, 7) is 0.476. The van der Waals surface area contributed by atoms with E-state index < -0.39 is 5.91 Å². The van der Waals surface area contributed by atoms with Gasteiger partial charge in [0.15, 0.2) is 11.6 Å². The molecule has 0 saturated heterocycles. The number of hydrogen-bond acceptors (Lipinski definition) is 4. The predicted molar refractivity (Wildman–Crippen MR) is 125 cm³/mol. The van der Waals surface area contributed by atoms with E-state index in [1.54, 1.807) is 41.2 Å². The highest BCUT2D eigenvalue weighted by Gasteiger charge is 2.17. The molecule has 1 amide bonds. The number of carbonyl (C=O) groups is 1. The van der Waals surface area contributed by atoms with Gasteiger partial charge in [0, 0.05) is 11.2 Å². The van der Waals surface area contributed by atoms with Crippen molar-refractivity contribution in [3.63, 3.8) is 0 Å². The minimum atomic E-state index is -0.498.